The van der Waals surface area contributed by atoms with Crippen molar-refractivity contribution in [2.24, 2.45) is 0 Å². The van der Waals surface area contributed by atoms with Gasteiger partial charge in [0.2, 0.25) is 5.91 Å². The molecule has 7 rings (SSSR count). The number of rotatable bonds is 5. The van der Waals surface area contributed by atoms with Crippen LogP contribution in [0.5, 0.6) is 0 Å². The first-order valence-electron chi connectivity index (χ1n) is 13.6. The molecule has 0 saturated carbocycles. The summed E-state index contributed by atoms with van der Waals surface area (Å²) in [6.07, 6.45) is 1.80. The molecule has 6 heterocycles. The summed E-state index contributed by atoms with van der Waals surface area (Å²) in [5.41, 5.74) is 2.63. The van der Waals surface area contributed by atoms with Crippen molar-refractivity contribution < 1.29 is 18.7 Å². The zero-order chi connectivity index (χ0) is 26.5. The number of imidazole rings is 1. The van der Waals surface area contributed by atoms with Crippen LogP contribution in [0, 0.1) is 5.82 Å². The average molecular weight is 535 g/mol. The lowest BCUT2D eigenvalue weighted by atomic mass is 10.1. The third-order valence-corrected chi connectivity index (χ3v) is 7.98. The molecule has 204 valence electrons. The number of benzene rings is 1. The van der Waals surface area contributed by atoms with Gasteiger partial charge in [-0.15, -0.1) is 0 Å². The Bertz CT molecular complexity index is 1550. The van der Waals surface area contributed by atoms with Gasteiger partial charge in [-0.2, -0.15) is 0 Å². The van der Waals surface area contributed by atoms with Crippen LogP contribution >= 0.6 is 0 Å². The van der Waals surface area contributed by atoms with Gasteiger partial charge in [0, 0.05) is 56.4 Å². The Labute approximate surface area is 224 Å². The molecule has 1 N–H and O–H groups in total. The zero-order valence-electron chi connectivity index (χ0n) is 21.9. The van der Waals surface area contributed by atoms with E-state index in [4.69, 9.17) is 24.4 Å². The van der Waals surface area contributed by atoms with Crippen LogP contribution < -0.4 is 4.90 Å². The molecule has 3 fully saturated rings. The van der Waals surface area contributed by atoms with Gasteiger partial charge in [-0.3, -0.25) is 9.69 Å². The number of morpholine rings is 2. The second-order valence-corrected chi connectivity index (χ2v) is 10.3. The average Bonchev–Trinajstić information content (AvgIpc) is 3.57. The monoisotopic (exact) mass is 534 g/mol. The molecule has 0 spiro atoms. The smallest absolute Gasteiger partial charge is 0.248 e. The first kappa shape index (κ1) is 24.4. The van der Waals surface area contributed by atoms with Crippen LogP contribution in [0.1, 0.15) is 12.7 Å². The highest BCUT2D eigenvalue weighted by Crippen LogP contribution is 2.34. The minimum absolute atomic E-state index is 0.0552. The summed E-state index contributed by atoms with van der Waals surface area (Å²) in [6.45, 7) is 8.78. The zero-order valence-corrected chi connectivity index (χ0v) is 21.9. The molecule has 0 radical (unpaired) electrons. The van der Waals surface area contributed by atoms with E-state index in [2.05, 4.69) is 26.3 Å². The number of anilines is 1. The van der Waals surface area contributed by atoms with Gasteiger partial charge < -0.3 is 28.8 Å². The Balaban J connectivity index is 1.32. The number of halogens is 1. The number of hydrogen-bond donors (Lipinski definition) is 1. The van der Waals surface area contributed by atoms with Crippen molar-refractivity contribution >= 4 is 33.8 Å². The largest absolute Gasteiger partial charge is 0.378 e. The molecule has 0 bridgehead atoms. The second kappa shape index (κ2) is 9.85. The minimum Gasteiger partial charge on any atom is -0.378 e. The molecule has 1 amide bonds. The molecular formula is C27H31FN8O3. The molecule has 11 nitrogen and oxygen atoms in total. The van der Waals surface area contributed by atoms with E-state index in [1.54, 1.807) is 12.3 Å². The highest BCUT2D eigenvalue weighted by molar-refractivity contribution is 5.95. The number of aromatic amines is 1. The van der Waals surface area contributed by atoms with Crippen molar-refractivity contribution in [1.29, 1.82) is 0 Å². The lowest BCUT2D eigenvalue weighted by Crippen LogP contribution is -2.60. The van der Waals surface area contributed by atoms with E-state index in [9.17, 15) is 4.79 Å². The molecule has 0 aliphatic carbocycles. The lowest BCUT2D eigenvalue weighted by molar-refractivity contribution is -0.152. The lowest BCUT2D eigenvalue weighted by Gasteiger charge is -2.43. The second-order valence-electron chi connectivity index (χ2n) is 10.3. The molecule has 1 atom stereocenters. The number of carbonyl (C=O) groups is 1. The van der Waals surface area contributed by atoms with Crippen LogP contribution in [-0.4, -0.2) is 105 Å². The number of H-pyrrole nitrogens is 1. The van der Waals surface area contributed by atoms with Crippen LogP contribution in [-0.2, 0) is 27.4 Å². The molecule has 12 heteroatoms. The maximum absolute atomic E-state index is 15.3. The van der Waals surface area contributed by atoms with Crippen molar-refractivity contribution in [3.63, 3.8) is 0 Å². The molecule has 0 unspecified atom stereocenters. The molecule has 3 saturated heterocycles. The Kier molecular flexibility index (Phi) is 6.17. The number of nitrogens with one attached hydrogen (secondary N) is 1. The van der Waals surface area contributed by atoms with Crippen LogP contribution in [0.15, 0.2) is 24.4 Å². The number of ether oxygens (including phenoxy) is 2. The van der Waals surface area contributed by atoms with Gasteiger partial charge in [0.15, 0.2) is 22.8 Å². The predicted octanol–water partition coefficient (Wildman–Crippen LogP) is 2.01. The molecule has 3 aliphatic rings. The molecule has 4 aromatic rings. The highest BCUT2D eigenvalue weighted by Gasteiger charge is 2.34. The van der Waals surface area contributed by atoms with Crippen LogP contribution in [0.4, 0.5) is 10.2 Å². The Morgan fingerprint density at radius 2 is 1.95 bits per heavy atom. The number of aryl methyl sites for hydroxylation is 1. The summed E-state index contributed by atoms with van der Waals surface area (Å²) in [4.78, 5) is 36.8. The van der Waals surface area contributed by atoms with E-state index in [0.29, 0.717) is 80.9 Å². The first-order valence-corrected chi connectivity index (χ1v) is 13.6. The Hall–Kier alpha value is -3.61. The number of nitrogens with zero attached hydrogens (tertiary/aromatic N) is 7. The van der Waals surface area contributed by atoms with Gasteiger partial charge in [-0.05, 0) is 25.1 Å². The SMILES string of the molecule is CCn1c(CN2CCN3C(=O)COC[C@H]3C2)nc2c(N3CCOCC3)nc(-c3c(F)ccc4[nH]ccc34)nc21. The number of hydrogen-bond acceptors (Lipinski definition) is 8. The van der Waals surface area contributed by atoms with Gasteiger partial charge in [-0.1, -0.05) is 0 Å². The van der Waals surface area contributed by atoms with E-state index >= 15 is 4.39 Å². The number of fused-ring (bicyclic) bond motifs is 3. The van der Waals surface area contributed by atoms with E-state index in [1.807, 2.05) is 11.0 Å². The van der Waals surface area contributed by atoms with E-state index < -0.39 is 0 Å². The maximum atomic E-state index is 15.3. The molecule has 39 heavy (non-hydrogen) atoms. The van der Waals surface area contributed by atoms with E-state index in [1.165, 1.54) is 6.07 Å². The van der Waals surface area contributed by atoms with Crippen LogP contribution in [0.3, 0.4) is 0 Å². The van der Waals surface area contributed by atoms with Gasteiger partial charge >= 0.3 is 0 Å². The summed E-state index contributed by atoms with van der Waals surface area (Å²) < 4.78 is 28.5. The van der Waals surface area contributed by atoms with Gasteiger partial charge in [0.25, 0.3) is 0 Å². The highest BCUT2D eigenvalue weighted by atomic mass is 19.1. The summed E-state index contributed by atoms with van der Waals surface area (Å²) in [6, 6.07) is 5.10. The van der Waals surface area contributed by atoms with Crippen molar-refractivity contribution in [3.05, 3.63) is 36.0 Å². The van der Waals surface area contributed by atoms with Gasteiger partial charge in [-0.25, -0.2) is 19.3 Å². The molecular weight excluding hydrogens is 503 g/mol. The Morgan fingerprint density at radius 3 is 2.79 bits per heavy atom. The third-order valence-electron chi connectivity index (χ3n) is 7.98. The fourth-order valence-corrected chi connectivity index (χ4v) is 6.03. The summed E-state index contributed by atoms with van der Waals surface area (Å²) in [5, 5.41) is 0.743. The summed E-state index contributed by atoms with van der Waals surface area (Å²) >= 11 is 0. The number of carbonyl (C=O) groups excluding carboxylic acids is 1. The quantitative estimate of drug-likeness (QED) is 0.415. The van der Waals surface area contributed by atoms with E-state index in [0.717, 1.165) is 29.8 Å². The fraction of sp³-hybridized carbons (Fsp3) is 0.481. The maximum Gasteiger partial charge on any atom is 0.248 e. The fourth-order valence-electron chi connectivity index (χ4n) is 6.03. The van der Waals surface area contributed by atoms with Gasteiger partial charge in [0.1, 0.15) is 18.2 Å². The summed E-state index contributed by atoms with van der Waals surface area (Å²) in [7, 11) is 0. The summed E-state index contributed by atoms with van der Waals surface area (Å²) in [5.74, 6) is 1.63. The van der Waals surface area contributed by atoms with Crippen molar-refractivity contribution in [1.82, 2.24) is 34.3 Å². The van der Waals surface area contributed by atoms with Gasteiger partial charge in [0.05, 0.1) is 38.0 Å². The van der Waals surface area contributed by atoms with Crippen LogP contribution in [0.25, 0.3) is 33.5 Å². The van der Waals surface area contributed by atoms with Crippen molar-refractivity contribution in [2.75, 3.05) is 64.1 Å². The number of piperazine rings is 1. The predicted molar refractivity (Wildman–Crippen MR) is 143 cm³/mol. The number of amides is 1. The van der Waals surface area contributed by atoms with Crippen molar-refractivity contribution in [3.8, 4) is 11.4 Å². The normalized spacial score (nSPS) is 20.8. The molecule has 1 aromatic carbocycles. The standard InChI is InChI=1S/C27H31FN8O3/c1-2-35-21(14-33-7-8-36-17(13-33)15-39-16-22(36)37)30-24-26(34-9-11-38-12-10-34)31-25(32-27(24)35)23-18-5-6-29-20(18)4-3-19(23)28/h3-6,17,29H,2,7-16H2,1H3/t17-/m1/s1. The van der Waals surface area contributed by atoms with Crippen LogP contribution in [0.2, 0.25) is 0 Å². The molecule has 3 aliphatic heterocycles. The molecule has 3 aromatic heterocycles. The number of aromatic nitrogens is 5. The van der Waals surface area contributed by atoms with Crippen molar-refractivity contribution in [2.45, 2.75) is 26.1 Å². The van der Waals surface area contributed by atoms with E-state index in [-0.39, 0.29) is 24.4 Å². The third kappa shape index (κ3) is 4.23. The first-order chi connectivity index (χ1) is 19.1. The Morgan fingerprint density at radius 1 is 1.08 bits per heavy atom. The minimum atomic E-state index is -0.362. The topological polar surface area (TPSA) is 105 Å².